The Labute approximate surface area is 116 Å². The lowest BCUT2D eigenvalue weighted by atomic mass is 10.2. The second-order valence-corrected chi connectivity index (χ2v) is 4.32. The molecule has 0 atom stereocenters. The third kappa shape index (κ3) is 2.59. The highest BCUT2D eigenvalue weighted by Gasteiger charge is 2.06. The van der Waals surface area contributed by atoms with Crippen LogP contribution in [0.1, 0.15) is 10.4 Å². The zero-order valence-corrected chi connectivity index (χ0v) is 10.7. The van der Waals surface area contributed by atoms with E-state index in [2.05, 4.69) is 10.3 Å². The number of carbonyl (C=O) groups excluding carboxylic acids is 1. The van der Waals surface area contributed by atoms with Crippen molar-refractivity contribution in [2.24, 2.45) is 0 Å². The van der Waals surface area contributed by atoms with Crippen LogP contribution in [0.5, 0.6) is 0 Å². The molecule has 3 aromatic rings. The van der Waals surface area contributed by atoms with E-state index in [-0.39, 0.29) is 5.91 Å². The Morgan fingerprint density at radius 2 is 1.70 bits per heavy atom. The molecule has 2 heterocycles. The van der Waals surface area contributed by atoms with Gasteiger partial charge in [0.15, 0.2) is 0 Å². The maximum Gasteiger partial charge on any atom is 0.257 e. The molecule has 20 heavy (non-hydrogen) atoms. The number of hydrogen-bond donors (Lipinski definition) is 1. The first-order valence-electron chi connectivity index (χ1n) is 6.29. The van der Waals surface area contributed by atoms with Crippen molar-refractivity contribution < 1.29 is 4.79 Å². The van der Waals surface area contributed by atoms with Crippen LogP contribution in [0.2, 0.25) is 0 Å². The number of hydrogen-bond acceptors (Lipinski definition) is 2. The SMILES string of the molecule is O=C(Nc1ccccc1)c1ccc(-n2cccc2)nc1. The van der Waals surface area contributed by atoms with Crippen LogP contribution in [-0.2, 0) is 0 Å². The maximum atomic E-state index is 12.1. The Morgan fingerprint density at radius 1 is 0.950 bits per heavy atom. The first-order chi connectivity index (χ1) is 9.83. The summed E-state index contributed by atoms with van der Waals surface area (Å²) in [7, 11) is 0. The van der Waals surface area contributed by atoms with Crippen LogP contribution in [0, 0.1) is 0 Å². The highest BCUT2D eigenvalue weighted by molar-refractivity contribution is 6.04. The summed E-state index contributed by atoms with van der Waals surface area (Å²) in [6.45, 7) is 0. The number of aromatic nitrogens is 2. The summed E-state index contributed by atoms with van der Waals surface area (Å²) in [6.07, 6.45) is 5.39. The van der Waals surface area contributed by atoms with Gasteiger partial charge in [-0.1, -0.05) is 18.2 Å². The molecule has 0 fully saturated rings. The standard InChI is InChI=1S/C16H13N3O/c20-16(18-14-6-2-1-3-7-14)13-8-9-15(17-12-13)19-10-4-5-11-19/h1-12H,(H,18,20). The quantitative estimate of drug-likeness (QED) is 0.789. The van der Waals surface area contributed by atoms with E-state index in [0.717, 1.165) is 11.5 Å². The molecule has 0 radical (unpaired) electrons. The van der Waals surface area contributed by atoms with Crippen molar-refractivity contribution in [3.63, 3.8) is 0 Å². The second-order valence-electron chi connectivity index (χ2n) is 4.32. The third-order valence-corrected chi connectivity index (χ3v) is 2.91. The number of amides is 1. The average Bonchev–Trinajstić information content (AvgIpc) is 3.03. The number of para-hydroxylation sites is 1. The van der Waals surface area contributed by atoms with Gasteiger partial charge < -0.3 is 9.88 Å². The Balaban J connectivity index is 1.76. The molecule has 0 aliphatic carbocycles. The Bertz CT molecular complexity index is 688. The Morgan fingerprint density at radius 3 is 2.35 bits per heavy atom. The first-order valence-corrected chi connectivity index (χ1v) is 6.29. The van der Waals surface area contributed by atoms with E-state index >= 15 is 0 Å². The molecule has 1 amide bonds. The zero-order chi connectivity index (χ0) is 13.8. The molecule has 0 spiro atoms. The number of benzene rings is 1. The molecule has 0 aliphatic rings. The van der Waals surface area contributed by atoms with Crippen LogP contribution < -0.4 is 5.32 Å². The van der Waals surface area contributed by atoms with Gasteiger partial charge in [-0.05, 0) is 36.4 Å². The molecule has 4 heteroatoms. The Kier molecular flexibility index (Phi) is 3.29. The van der Waals surface area contributed by atoms with Crippen molar-refractivity contribution in [2.75, 3.05) is 5.32 Å². The van der Waals surface area contributed by atoms with E-state index in [9.17, 15) is 4.79 Å². The summed E-state index contributed by atoms with van der Waals surface area (Å²) in [5, 5.41) is 2.83. The molecule has 0 aliphatic heterocycles. The van der Waals surface area contributed by atoms with Crippen molar-refractivity contribution in [3.05, 3.63) is 78.8 Å². The molecule has 0 bridgehead atoms. The van der Waals surface area contributed by atoms with Crippen LogP contribution in [-0.4, -0.2) is 15.5 Å². The van der Waals surface area contributed by atoms with Gasteiger partial charge in [-0.2, -0.15) is 0 Å². The molecule has 0 saturated heterocycles. The lowest BCUT2D eigenvalue weighted by Gasteiger charge is -2.06. The van der Waals surface area contributed by atoms with Crippen LogP contribution >= 0.6 is 0 Å². The Hall–Kier alpha value is -2.88. The van der Waals surface area contributed by atoms with Crippen LogP contribution in [0.15, 0.2) is 73.2 Å². The highest BCUT2D eigenvalue weighted by Crippen LogP contribution is 2.10. The topological polar surface area (TPSA) is 46.9 Å². The fourth-order valence-electron chi connectivity index (χ4n) is 1.89. The predicted molar refractivity (Wildman–Crippen MR) is 78.0 cm³/mol. The lowest BCUT2D eigenvalue weighted by Crippen LogP contribution is -2.12. The van der Waals surface area contributed by atoms with E-state index < -0.39 is 0 Å². The van der Waals surface area contributed by atoms with E-state index in [4.69, 9.17) is 0 Å². The smallest absolute Gasteiger partial charge is 0.257 e. The van der Waals surface area contributed by atoms with Crippen molar-refractivity contribution in [3.8, 4) is 5.82 Å². The highest BCUT2D eigenvalue weighted by atomic mass is 16.1. The average molecular weight is 263 g/mol. The number of rotatable bonds is 3. The summed E-state index contributed by atoms with van der Waals surface area (Å²) < 4.78 is 1.89. The third-order valence-electron chi connectivity index (χ3n) is 2.91. The van der Waals surface area contributed by atoms with Gasteiger partial charge >= 0.3 is 0 Å². The van der Waals surface area contributed by atoms with Crippen LogP contribution in [0.25, 0.3) is 5.82 Å². The number of nitrogens with one attached hydrogen (secondary N) is 1. The van der Waals surface area contributed by atoms with Gasteiger partial charge in [0.05, 0.1) is 5.56 Å². The van der Waals surface area contributed by atoms with Gasteiger partial charge in [-0.3, -0.25) is 4.79 Å². The fraction of sp³-hybridized carbons (Fsp3) is 0. The molecular weight excluding hydrogens is 250 g/mol. The second kappa shape index (κ2) is 5.40. The number of pyridine rings is 1. The number of anilines is 1. The maximum absolute atomic E-state index is 12.1. The first kappa shape index (κ1) is 12.2. The van der Waals surface area contributed by atoms with Crippen LogP contribution in [0.4, 0.5) is 5.69 Å². The number of nitrogens with zero attached hydrogens (tertiary/aromatic N) is 2. The molecule has 2 aromatic heterocycles. The monoisotopic (exact) mass is 263 g/mol. The van der Waals surface area contributed by atoms with Gasteiger partial charge in [-0.25, -0.2) is 4.98 Å². The van der Waals surface area contributed by atoms with Gasteiger partial charge in [-0.15, -0.1) is 0 Å². The minimum Gasteiger partial charge on any atom is -0.322 e. The molecule has 3 rings (SSSR count). The summed E-state index contributed by atoms with van der Waals surface area (Å²) in [6, 6.07) is 16.8. The van der Waals surface area contributed by atoms with Gasteiger partial charge in [0, 0.05) is 24.3 Å². The molecule has 0 saturated carbocycles. The predicted octanol–water partition coefficient (Wildman–Crippen LogP) is 3.12. The van der Waals surface area contributed by atoms with Gasteiger partial charge in [0.2, 0.25) is 0 Å². The van der Waals surface area contributed by atoms with E-state index in [1.807, 2.05) is 65.5 Å². The summed E-state index contributed by atoms with van der Waals surface area (Å²) >= 11 is 0. The molecule has 4 nitrogen and oxygen atoms in total. The largest absolute Gasteiger partial charge is 0.322 e. The van der Waals surface area contributed by atoms with Crippen LogP contribution in [0.3, 0.4) is 0 Å². The van der Waals surface area contributed by atoms with Gasteiger partial charge in [0.1, 0.15) is 5.82 Å². The van der Waals surface area contributed by atoms with E-state index in [1.165, 1.54) is 0 Å². The summed E-state index contributed by atoms with van der Waals surface area (Å²) in [5.41, 5.74) is 1.30. The summed E-state index contributed by atoms with van der Waals surface area (Å²) in [5.74, 6) is 0.619. The van der Waals surface area contributed by atoms with Crippen molar-refractivity contribution in [1.29, 1.82) is 0 Å². The van der Waals surface area contributed by atoms with E-state index in [1.54, 1.807) is 12.3 Å². The fourth-order valence-corrected chi connectivity index (χ4v) is 1.89. The molecule has 1 aromatic carbocycles. The van der Waals surface area contributed by atoms with Crippen molar-refractivity contribution in [2.45, 2.75) is 0 Å². The molecule has 1 N–H and O–H groups in total. The van der Waals surface area contributed by atoms with Crippen molar-refractivity contribution in [1.82, 2.24) is 9.55 Å². The minimum absolute atomic E-state index is 0.164. The molecule has 0 unspecified atom stereocenters. The van der Waals surface area contributed by atoms with E-state index in [0.29, 0.717) is 5.56 Å². The summed E-state index contributed by atoms with van der Waals surface area (Å²) in [4.78, 5) is 16.3. The molecular formula is C16H13N3O. The van der Waals surface area contributed by atoms with Crippen molar-refractivity contribution >= 4 is 11.6 Å². The normalized spacial score (nSPS) is 10.2. The van der Waals surface area contributed by atoms with Gasteiger partial charge in [0.25, 0.3) is 5.91 Å². The zero-order valence-electron chi connectivity index (χ0n) is 10.7. The molecule has 98 valence electrons. The minimum atomic E-state index is -0.164. The lowest BCUT2D eigenvalue weighted by molar-refractivity contribution is 0.102. The number of carbonyl (C=O) groups is 1.